The Morgan fingerprint density at radius 3 is 2.55 bits per heavy atom. The molecule has 0 radical (unpaired) electrons. The summed E-state index contributed by atoms with van der Waals surface area (Å²) in [5.74, 6) is 1.60. The van der Waals surface area contributed by atoms with Crippen molar-refractivity contribution in [2.75, 3.05) is 29.9 Å². The molecule has 2 heterocycles. The first kappa shape index (κ1) is 19.6. The largest absolute Gasteiger partial charge is 0.416 e. The van der Waals surface area contributed by atoms with E-state index in [0.29, 0.717) is 30.0 Å². The molecule has 4 nitrogen and oxygen atoms in total. The van der Waals surface area contributed by atoms with E-state index in [2.05, 4.69) is 10.3 Å². The second-order valence-electron chi connectivity index (χ2n) is 6.68. The zero-order chi connectivity index (χ0) is 20.4. The Balaban J connectivity index is 1.72. The number of rotatable bonds is 3. The van der Waals surface area contributed by atoms with Gasteiger partial charge in [0.05, 0.1) is 16.8 Å². The van der Waals surface area contributed by atoms with Crippen molar-refractivity contribution in [3.05, 3.63) is 65.9 Å². The lowest BCUT2D eigenvalue weighted by Crippen LogP contribution is -2.38. The lowest BCUT2D eigenvalue weighted by Gasteiger charge is -2.26. The normalized spacial score (nSPS) is 14.8. The number of hydrogen-bond acceptors (Lipinski definition) is 4. The van der Waals surface area contributed by atoms with Crippen LogP contribution >= 0.6 is 11.8 Å². The van der Waals surface area contributed by atoms with Crippen LogP contribution in [0.5, 0.6) is 0 Å². The van der Waals surface area contributed by atoms with Gasteiger partial charge in [-0.1, -0.05) is 24.3 Å². The quantitative estimate of drug-likeness (QED) is 0.637. The van der Waals surface area contributed by atoms with Gasteiger partial charge in [0.15, 0.2) is 0 Å². The van der Waals surface area contributed by atoms with Crippen molar-refractivity contribution < 1.29 is 18.0 Å². The molecule has 0 atom stereocenters. The Bertz CT molecular complexity index is 1050. The predicted octanol–water partition coefficient (Wildman–Crippen LogP) is 5.19. The summed E-state index contributed by atoms with van der Waals surface area (Å²) < 4.78 is 39.1. The van der Waals surface area contributed by atoms with E-state index in [1.807, 2.05) is 18.2 Å². The molecule has 0 spiro atoms. The van der Waals surface area contributed by atoms with Crippen LogP contribution in [0.25, 0.3) is 10.9 Å². The molecule has 1 saturated heterocycles. The van der Waals surface area contributed by atoms with Gasteiger partial charge in [-0.05, 0) is 30.3 Å². The second-order valence-corrected chi connectivity index (χ2v) is 7.91. The van der Waals surface area contributed by atoms with Gasteiger partial charge in [-0.15, -0.1) is 0 Å². The van der Waals surface area contributed by atoms with Crippen molar-refractivity contribution in [3.63, 3.8) is 0 Å². The first-order valence-electron chi connectivity index (χ1n) is 9.13. The molecule has 1 aliphatic heterocycles. The summed E-state index contributed by atoms with van der Waals surface area (Å²) in [6, 6.07) is 13.9. The van der Waals surface area contributed by atoms with Gasteiger partial charge >= 0.3 is 6.18 Å². The van der Waals surface area contributed by atoms with Gasteiger partial charge in [-0.2, -0.15) is 24.9 Å². The molecule has 8 heteroatoms. The molecule has 1 fully saturated rings. The lowest BCUT2D eigenvalue weighted by molar-refractivity contribution is -0.137. The number of halogens is 3. The maximum Gasteiger partial charge on any atom is 0.416 e. The van der Waals surface area contributed by atoms with Crippen LogP contribution in [-0.4, -0.2) is 40.4 Å². The molecule has 1 amide bonds. The molecule has 0 aliphatic carbocycles. The molecule has 0 bridgehead atoms. The Morgan fingerprint density at radius 2 is 1.79 bits per heavy atom. The number of nitrogens with zero attached hydrogens (tertiary/aromatic N) is 2. The number of anilines is 2. The number of alkyl halides is 3. The van der Waals surface area contributed by atoms with Crippen molar-refractivity contribution >= 4 is 39.9 Å². The summed E-state index contributed by atoms with van der Waals surface area (Å²) in [5.41, 5.74) is 1.00. The molecule has 1 N–H and O–H groups in total. The molecule has 150 valence electrons. The fraction of sp³-hybridized carbons (Fsp3) is 0.238. The third kappa shape index (κ3) is 4.32. The number of amides is 1. The Kier molecular flexibility index (Phi) is 5.36. The Morgan fingerprint density at radius 1 is 1.03 bits per heavy atom. The van der Waals surface area contributed by atoms with Crippen LogP contribution in [-0.2, 0) is 6.18 Å². The highest BCUT2D eigenvalue weighted by Crippen LogP contribution is 2.33. The first-order chi connectivity index (χ1) is 13.9. The number of aromatic nitrogens is 1. The summed E-state index contributed by atoms with van der Waals surface area (Å²) in [7, 11) is 0. The van der Waals surface area contributed by atoms with E-state index < -0.39 is 11.7 Å². The number of benzene rings is 2. The predicted molar refractivity (Wildman–Crippen MR) is 110 cm³/mol. The SMILES string of the molecule is O=C(c1cc(Nc2cccc(C(F)(F)F)c2)c2ccccc2n1)N1CCSCC1. The Hall–Kier alpha value is -2.74. The van der Waals surface area contributed by atoms with Crippen molar-refractivity contribution in [2.45, 2.75) is 6.18 Å². The zero-order valence-corrected chi connectivity index (χ0v) is 16.2. The molecule has 0 saturated carbocycles. The van der Waals surface area contributed by atoms with Crippen LogP contribution in [0.2, 0.25) is 0 Å². The van der Waals surface area contributed by atoms with E-state index in [1.165, 1.54) is 6.07 Å². The van der Waals surface area contributed by atoms with Gasteiger partial charge in [0.25, 0.3) is 5.91 Å². The number of carbonyl (C=O) groups is 1. The summed E-state index contributed by atoms with van der Waals surface area (Å²) in [6.45, 7) is 1.32. The number of carbonyl (C=O) groups excluding carboxylic acids is 1. The number of pyridine rings is 1. The summed E-state index contributed by atoms with van der Waals surface area (Å²) in [6.07, 6.45) is -4.43. The minimum atomic E-state index is -4.43. The molecule has 4 rings (SSSR count). The maximum absolute atomic E-state index is 13.0. The van der Waals surface area contributed by atoms with E-state index in [-0.39, 0.29) is 11.6 Å². The highest BCUT2D eigenvalue weighted by molar-refractivity contribution is 7.99. The van der Waals surface area contributed by atoms with E-state index in [0.717, 1.165) is 29.0 Å². The van der Waals surface area contributed by atoms with Crippen molar-refractivity contribution in [2.24, 2.45) is 0 Å². The fourth-order valence-electron chi connectivity index (χ4n) is 3.25. The van der Waals surface area contributed by atoms with Gasteiger partial charge in [0, 0.05) is 35.7 Å². The topological polar surface area (TPSA) is 45.2 Å². The fourth-order valence-corrected chi connectivity index (χ4v) is 4.15. The summed E-state index contributed by atoms with van der Waals surface area (Å²) >= 11 is 1.80. The third-order valence-electron chi connectivity index (χ3n) is 4.70. The number of nitrogens with one attached hydrogen (secondary N) is 1. The Labute approximate surface area is 170 Å². The minimum absolute atomic E-state index is 0.164. The maximum atomic E-state index is 13.0. The van der Waals surface area contributed by atoms with Crippen molar-refractivity contribution in [3.8, 4) is 0 Å². The zero-order valence-electron chi connectivity index (χ0n) is 15.4. The number of hydrogen-bond donors (Lipinski definition) is 1. The van der Waals surface area contributed by atoms with Gasteiger partial charge in [0.1, 0.15) is 5.69 Å². The lowest BCUT2D eigenvalue weighted by atomic mass is 10.1. The monoisotopic (exact) mass is 417 g/mol. The average molecular weight is 417 g/mol. The molecule has 1 aliphatic rings. The van der Waals surface area contributed by atoms with E-state index in [1.54, 1.807) is 34.9 Å². The van der Waals surface area contributed by atoms with Crippen molar-refractivity contribution in [1.29, 1.82) is 0 Å². The molecule has 3 aromatic rings. The van der Waals surface area contributed by atoms with Gasteiger partial charge < -0.3 is 10.2 Å². The highest BCUT2D eigenvalue weighted by atomic mass is 32.2. The average Bonchev–Trinajstić information content (AvgIpc) is 2.73. The number of thioether (sulfide) groups is 1. The highest BCUT2D eigenvalue weighted by Gasteiger charge is 2.30. The van der Waals surface area contributed by atoms with E-state index in [4.69, 9.17) is 0 Å². The molecule has 0 unspecified atom stereocenters. The number of para-hydroxylation sites is 1. The van der Waals surface area contributed by atoms with Crippen LogP contribution in [0.4, 0.5) is 24.5 Å². The summed E-state index contributed by atoms with van der Waals surface area (Å²) in [4.78, 5) is 19.2. The van der Waals surface area contributed by atoms with Crippen LogP contribution in [0.15, 0.2) is 54.6 Å². The number of fused-ring (bicyclic) bond motifs is 1. The van der Waals surface area contributed by atoms with Gasteiger partial charge in [0.2, 0.25) is 0 Å². The smallest absolute Gasteiger partial charge is 0.355 e. The van der Waals surface area contributed by atoms with Crippen LogP contribution in [0.1, 0.15) is 16.1 Å². The molecular formula is C21H18F3N3OS. The molecule has 2 aromatic carbocycles. The second kappa shape index (κ2) is 7.94. The standard InChI is InChI=1S/C21H18F3N3OS/c22-21(23,24)14-4-3-5-15(12-14)25-18-13-19(20(28)27-8-10-29-11-9-27)26-17-7-2-1-6-16(17)18/h1-7,12-13H,8-11H2,(H,25,26). The van der Waals surface area contributed by atoms with E-state index in [9.17, 15) is 18.0 Å². The van der Waals surface area contributed by atoms with Gasteiger partial charge in [-0.3, -0.25) is 4.79 Å². The first-order valence-corrected chi connectivity index (χ1v) is 10.3. The minimum Gasteiger partial charge on any atom is -0.355 e. The molecule has 1 aromatic heterocycles. The van der Waals surface area contributed by atoms with Crippen molar-refractivity contribution in [1.82, 2.24) is 9.88 Å². The van der Waals surface area contributed by atoms with Gasteiger partial charge in [-0.25, -0.2) is 4.98 Å². The van der Waals surface area contributed by atoms with Crippen LogP contribution in [0.3, 0.4) is 0 Å². The molecule has 29 heavy (non-hydrogen) atoms. The van der Waals surface area contributed by atoms with Crippen LogP contribution in [0, 0.1) is 0 Å². The molecular weight excluding hydrogens is 399 g/mol. The van der Waals surface area contributed by atoms with E-state index >= 15 is 0 Å². The summed E-state index contributed by atoms with van der Waals surface area (Å²) in [5, 5.41) is 3.77. The third-order valence-corrected chi connectivity index (χ3v) is 5.64. The van der Waals surface area contributed by atoms with Crippen LogP contribution < -0.4 is 5.32 Å².